The van der Waals surface area contributed by atoms with Gasteiger partial charge < -0.3 is 4.42 Å². The number of nitrogens with zero attached hydrogens (tertiary/aromatic N) is 2. The largest absolute Gasteiger partial charge is 0.406 e. The molecule has 0 amide bonds. The van der Waals surface area contributed by atoms with Crippen LogP contribution in [0.2, 0.25) is 0 Å². The minimum atomic E-state index is -0.312. The summed E-state index contributed by atoms with van der Waals surface area (Å²) in [6, 6.07) is 17.5. The lowest BCUT2D eigenvalue weighted by Crippen LogP contribution is -2.35. The number of benzene rings is 2. The van der Waals surface area contributed by atoms with Crippen LogP contribution in [-0.4, -0.2) is 23.0 Å². The van der Waals surface area contributed by atoms with Gasteiger partial charge >= 0.3 is 5.63 Å². The van der Waals surface area contributed by atoms with E-state index in [1.54, 1.807) is 6.07 Å². The minimum Gasteiger partial charge on any atom is -0.406 e. The second kappa shape index (κ2) is 6.57. The van der Waals surface area contributed by atoms with E-state index in [1.165, 1.54) is 19.3 Å². The number of piperidine rings is 1. The fourth-order valence-electron chi connectivity index (χ4n) is 3.47. The Labute approximate surface area is 140 Å². The van der Waals surface area contributed by atoms with Crippen LogP contribution in [0, 0.1) is 0 Å². The molecule has 3 aromatic rings. The van der Waals surface area contributed by atoms with Gasteiger partial charge in [-0.3, -0.25) is 4.90 Å². The monoisotopic (exact) mass is 320 g/mol. The molecule has 0 radical (unpaired) electrons. The predicted octanol–water partition coefficient (Wildman–Crippen LogP) is 3.76. The molecule has 0 aliphatic carbocycles. The summed E-state index contributed by atoms with van der Waals surface area (Å²) in [6.45, 7) is 2.00. The Morgan fingerprint density at radius 2 is 1.62 bits per heavy atom. The molecule has 0 saturated carbocycles. The van der Waals surface area contributed by atoms with Gasteiger partial charge in [-0.25, -0.2) is 9.78 Å². The highest BCUT2D eigenvalue weighted by atomic mass is 16.4. The Hall–Kier alpha value is -2.46. The molecule has 0 spiro atoms. The van der Waals surface area contributed by atoms with Gasteiger partial charge in [-0.15, -0.1) is 0 Å². The van der Waals surface area contributed by atoms with Crippen molar-refractivity contribution in [1.82, 2.24) is 9.88 Å². The third kappa shape index (κ3) is 2.85. The van der Waals surface area contributed by atoms with E-state index in [1.807, 2.05) is 36.4 Å². The number of hydrogen-bond donors (Lipinski definition) is 0. The van der Waals surface area contributed by atoms with Crippen LogP contribution in [0.1, 0.15) is 36.8 Å². The zero-order valence-electron chi connectivity index (χ0n) is 13.5. The molecule has 0 bridgehead atoms. The van der Waals surface area contributed by atoms with Gasteiger partial charge in [0.15, 0.2) is 0 Å². The Bertz CT molecular complexity index is 883. The predicted molar refractivity (Wildman–Crippen MR) is 94.0 cm³/mol. The molecule has 1 aliphatic rings. The fraction of sp³-hybridized carbons (Fsp3) is 0.300. The third-order valence-corrected chi connectivity index (χ3v) is 4.66. The highest BCUT2D eigenvalue weighted by Gasteiger charge is 2.27. The topological polar surface area (TPSA) is 46.3 Å². The molecule has 1 unspecified atom stereocenters. The van der Waals surface area contributed by atoms with Gasteiger partial charge in [-0.2, -0.15) is 0 Å². The normalized spacial score (nSPS) is 17.0. The summed E-state index contributed by atoms with van der Waals surface area (Å²) in [7, 11) is 0. The van der Waals surface area contributed by atoms with Crippen LogP contribution in [0.3, 0.4) is 0 Å². The SMILES string of the molecule is O=c1oc(C(c2ccccc2)N2CCCCC2)nc2ccccc12. The van der Waals surface area contributed by atoms with Crippen LogP contribution in [-0.2, 0) is 0 Å². The fourth-order valence-corrected chi connectivity index (χ4v) is 3.47. The highest BCUT2D eigenvalue weighted by molar-refractivity contribution is 5.76. The summed E-state index contributed by atoms with van der Waals surface area (Å²) in [5, 5.41) is 0.534. The molecule has 1 aromatic heterocycles. The molecule has 4 rings (SSSR count). The summed E-state index contributed by atoms with van der Waals surface area (Å²) < 4.78 is 5.65. The van der Waals surface area contributed by atoms with Crippen molar-refractivity contribution < 1.29 is 4.42 Å². The van der Waals surface area contributed by atoms with E-state index in [2.05, 4.69) is 22.0 Å². The maximum atomic E-state index is 12.4. The molecule has 4 nitrogen and oxygen atoms in total. The van der Waals surface area contributed by atoms with E-state index in [0.717, 1.165) is 18.7 Å². The number of hydrogen-bond acceptors (Lipinski definition) is 4. The van der Waals surface area contributed by atoms with Crippen molar-refractivity contribution in [2.75, 3.05) is 13.1 Å². The zero-order chi connectivity index (χ0) is 16.4. The average Bonchev–Trinajstić information content (AvgIpc) is 2.64. The summed E-state index contributed by atoms with van der Waals surface area (Å²) in [5.74, 6) is 0.492. The molecule has 24 heavy (non-hydrogen) atoms. The lowest BCUT2D eigenvalue weighted by Gasteiger charge is -2.33. The van der Waals surface area contributed by atoms with Crippen molar-refractivity contribution >= 4 is 10.9 Å². The smallest absolute Gasteiger partial charge is 0.346 e. The Kier molecular flexibility index (Phi) is 4.13. The molecule has 1 aliphatic heterocycles. The Balaban J connectivity index is 1.85. The van der Waals surface area contributed by atoms with Crippen LogP contribution in [0.5, 0.6) is 0 Å². The summed E-state index contributed by atoms with van der Waals surface area (Å²) in [5.41, 5.74) is 1.50. The molecule has 1 saturated heterocycles. The van der Waals surface area contributed by atoms with Crippen molar-refractivity contribution in [2.45, 2.75) is 25.3 Å². The van der Waals surface area contributed by atoms with Crippen molar-refractivity contribution in [3.05, 3.63) is 76.5 Å². The number of likely N-dealkylation sites (tertiary alicyclic amines) is 1. The molecule has 122 valence electrons. The van der Waals surface area contributed by atoms with Crippen LogP contribution < -0.4 is 5.63 Å². The number of para-hydroxylation sites is 1. The van der Waals surface area contributed by atoms with Gasteiger partial charge in [0.25, 0.3) is 0 Å². The lowest BCUT2D eigenvalue weighted by atomic mass is 10.0. The molecular formula is C20H20N2O2. The molecule has 0 N–H and O–H groups in total. The summed E-state index contributed by atoms with van der Waals surface area (Å²) >= 11 is 0. The van der Waals surface area contributed by atoms with Gasteiger partial charge in [0.1, 0.15) is 6.04 Å². The molecule has 2 aromatic carbocycles. The first-order valence-electron chi connectivity index (χ1n) is 8.52. The van der Waals surface area contributed by atoms with Crippen molar-refractivity contribution in [3.63, 3.8) is 0 Å². The van der Waals surface area contributed by atoms with E-state index in [9.17, 15) is 4.79 Å². The van der Waals surface area contributed by atoms with E-state index in [0.29, 0.717) is 16.8 Å². The third-order valence-electron chi connectivity index (χ3n) is 4.66. The van der Waals surface area contributed by atoms with Gasteiger partial charge in [0, 0.05) is 0 Å². The Morgan fingerprint density at radius 1 is 0.917 bits per heavy atom. The van der Waals surface area contributed by atoms with E-state index < -0.39 is 0 Å². The first-order chi connectivity index (χ1) is 11.8. The van der Waals surface area contributed by atoms with Crippen LogP contribution >= 0.6 is 0 Å². The van der Waals surface area contributed by atoms with Crippen LogP contribution in [0.4, 0.5) is 0 Å². The standard InChI is InChI=1S/C20H20N2O2/c23-20-16-11-5-6-12-17(16)21-19(24-20)18(15-9-3-1-4-10-15)22-13-7-2-8-14-22/h1,3-6,9-12,18H,2,7-8,13-14H2. The minimum absolute atomic E-state index is 0.108. The van der Waals surface area contributed by atoms with Gasteiger partial charge in [-0.1, -0.05) is 48.9 Å². The lowest BCUT2D eigenvalue weighted by molar-refractivity contribution is 0.162. The molecule has 2 heterocycles. The second-order valence-corrected chi connectivity index (χ2v) is 6.27. The van der Waals surface area contributed by atoms with Gasteiger partial charge in [0.05, 0.1) is 10.9 Å². The first kappa shape index (κ1) is 15.1. The van der Waals surface area contributed by atoms with E-state index in [-0.39, 0.29) is 11.7 Å². The van der Waals surface area contributed by atoms with E-state index in [4.69, 9.17) is 4.42 Å². The number of aromatic nitrogens is 1. The molecule has 1 atom stereocenters. The maximum absolute atomic E-state index is 12.4. The Morgan fingerprint density at radius 3 is 2.42 bits per heavy atom. The van der Waals surface area contributed by atoms with Gasteiger partial charge in [-0.05, 0) is 43.6 Å². The maximum Gasteiger partial charge on any atom is 0.346 e. The van der Waals surface area contributed by atoms with E-state index >= 15 is 0 Å². The number of rotatable bonds is 3. The molecule has 1 fully saturated rings. The van der Waals surface area contributed by atoms with Crippen LogP contribution in [0.15, 0.2) is 63.8 Å². The van der Waals surface area contributed by atoms with Crippen molar-refractivity contribution in [1.29, 1.82) is 0 Å². The first-order valence-corrected chi connectivity index (χ1v) is 8.52. The molecule has 4 heteroatoms. The van der Waals surface area contributed by atoms with Crippen molar-refractivity contribution in [3.8, 4) is 0 Å². The second-order valence-electron chi connectivity index (χ2n) is 6.27. The van der Waals surface area contributed by atoms with Crippen LogP contribution in [0.25, 0.3) is 10.9 Å². The summed E-state index contributed by atoms with van der Waals surface area (Å²) in [4.78, 5) is 19.4. The summed E-state index contributed by atoms with van der Waals surface area (Å²) in [6.07, 6.45) is 3.59. The number of fused-ring (bicyclic) bond motifs is 1. The highest BCUT2D eigenvalue weighted by Crippen LogP contribution is 2.30. The average molecular weight is 320 g/mol. The quantitative estimate of drug-likeness (QED) is 0.737. The molecular weight excluding hydrogens is 300 g/mol. The zero-order valence-corrected chi connectivity index (χ0v) is 13.5. The van der Waals surface area contributed by atoms with Gasteiger partial charge in [0.2, 0.25) is 5.89 Å². The van der Waals surface area contributed by atoms with Crippen molar-refractivity contribution in [2.24, 2.45) is 0 Å².